The lowest BCUT2D eigenvalue weighted by molar-refractivity contribution is 0.429. The van der Waals surface area contributed by atoms with Crippen LogP contribution in [0.15, 0.2) is 30.3 Å². The molecule has 1 atom stereocenters. The van der Waals surface area contributed by atoms with Crippen molar-refractivity contribution in [2.75, 3.05) is 6.54 Å². The predicted molar refractivity (Wildman–Crippen MR) is 68.2 cm³/mol. The van der Waals surface area contributed by atoms with Gasteiger partial charge in [0.2, 0.25) is 0 Å². The zero-order valence-corrected chi connectivity index (χ0v) is 11.1. The van der Waals surface area contributed by atoms with Gasteiger partial charge in [-0.05, 0) is 18.7 Å². The fraction of sp³-hybridized carbons (Fsp3) is 0.200. The van der Waals surface area contributed by atoms with E-state index < -0.39 is 35.1 Å². The van der Waals surface area contributed by atoms with Crippen LogP contribution in [0.5, 0.6) is 0 Å². The minimum atomic E-state index is -1.65. The van der Waals surface area contributed by atoms with Crippen molar-refractivity contribution < 1.29 is 22.0 Å². The first kappa shape index (κ1) is 15.4. The molecule has 0 saturated carbocycles. The maximum atomic E-state index is 13.9. The number of rotatable bonds is 4. The summed E-state index contributed by atoms with van der Waals surface area (Å²) < 4.78 is 67.4. The molecule has 0 aromatic heterocycles. The summed E-state index contributed by atoms with van der Waals surface area (Å²) in [5.41, 5.74) is -0.470. The van der Waals surface area contributed by atoms with Crippen LogP contribution in [-0.4, -0.2) is 6.54 Å². The Bertz CT molecular complexity index is 657. The Hall–Kier alpha value is -1.95. The summed E-state index contributed by atoms with van der Waals surface area (Å²) >= 11 is 0. The third-order valence-corrected chi connectivity index (χ3v) is 3.08. The molecule has 0 saturated heterocycles. The Kier molecular flexibility index (Phi) is 4.57. The van der Waals surface area contributed by atoms with Gasteiger partial charge in [-0.15, -0.1) is 0 Å². The number of hydrogen-bond acceptors (Lipinski definition) is 1. The van der Waals surface area contributed by atoms with Crippen LogP contribution in [0.4, 0.5) is 22.0 Å². The first-order valence-corrected chi connectivity index (χ1v) is 6.28. The molecular weight excluding hydrogens is 289 g/mol. The van der Waals surface area contributed by atoms with Gasteiger partial charge in [-0.1, -0.05) is 25.1 Å². The van der Waals surface area contributed by atoms with E-state index in [9.17, 15) is 22.0 Å². The molecule has 2 rings (SSSR count). The van der Waals surface area contributed by atoms with Crippen LogP contribution < -0.4 is 5.32 Å². The van der Waals surface area contributed by atoms with Crippen LogP contribution in [-0.2, 0) is 0 Å². The second kappa shape index (κ2) is 6.22. The van der Waals surface area contributed by atoms with Crippen molar-refractivity contribution in [3.05, 3.63) is 70.5 Å². The van der Waals surface area contributed by atoms with Crippen LogP contribution in [0.1, 0.15) is 24.1 Å². The van der Waals surface area contributed by atoms with Gasteiger partial charge in [0.15, 0.2) is 29.1 Å². The molecule has 0 amide bonds. The second-order valence-electron chi connectivity index (χ2n) is 4.40. The highest BCUT2D eigenvalue weighted by molar-refractivity contribution is 5.34. The zero-order valence-electron chi connectivity index (χ0n) is 11.1. The molecular formula is C15H12F5N. The minimum Gasteiger partial charge on any atom is -0.306 e. The summed E-state index contributed by atoms with van der Waals surface area (Å²) in [6.07, 6.45) is 0. The molecule has 0 aliphatic heterocycles. The maximum absolute atomic E-state index is 13.9. The van der Waals surface area contributed by atoms with Crippen molar-refractivity contribution in [1.29, 1.82) is 0 Å². The average Bonchev–Trinajstić information content (AvgIpc) is 2.46. The lowest BCUT2D eigenvalue weighted by Crippen LogP contribution is -2.25. The molecule has 0 bridgehead atoms. The summed E-state index contributed by atoms with van der Waals surface area (Å²) in [7, 11) is 0. The van der Waals surface area contributed by atoms with E-state index in [1.165, 1.54) is 12.1 Å². The Labute approximate surface area is 118 Å². The van der Waals surface area contributed by atoms with Gasteiger partial charge in [0.1, 0.15) is 0 Å². The van der Waals surface area contributed by atoms with Gasteiger partial charge in [-0.2, -0.15) is 0 Å². The van der Waals surface area contributed by atoms with E-state index in [2.05, 4.69) is 5.32 Å². The van der Waals surface area contributed by atoms with Crippen molar-refractivity contribution in [2.45, 2.75) is 13.0 Å². The largest absolute Gasteiger partial charge is 0.306 e. The Balaban J connectivity index is 2.59. The molecule has 0 spiro atoms. The molecule has 2 aromatic carbocycles. The van der Waals surface area contributed by atoms with Crippen LogP contribution in [0.3, 0.4) is 0 Å². The van der Waals surface area contributed by atoms with Crippen LogP contribution >= 0.6 is 0 Å². The van der Waals surface area contributed by atoms with Crippen molar-refractivity contribution in [3.8, 4) is 0 Å². The molecule has 0 aliphatic rings. The summed E-state index contributed by atoms with van der Waals surface area (Å²) in [5.74, 6) is -6.67. The van der Waals surface area contributed by atoms with E-state index >= 15 is 0 Å². The van der Waals surface area contributed by atoms with Gasteiger partial charge >= 0.3 is 0 Å². The fourth-order valence-electron chi connectivity index (χ4n) is 2.10. The number of nitrogens with one attached hydrogen (secondary N) is 1. The normalized spacial score (nSPS) is 12.5. The molecule has 1 N–H and O–H groups in total. The third kappa shape index (κ3) is 2.90. The Morgan fingerprint density at radius 2 is 1.43 bits per heavy atom. The first-order valence-electron chi connectivity index (χ1n) is 6.28. The smallest absolute Gasteiger partial charge is 0.194 e. The molecule has 1 nitrogen and oxygen atoms in total. The Morgan fingerprint density at radius 3 is 2.10 bits per heavy atom. The minimum absolute atomic E-state index is 0.179. The molecule has 0 radical (unpaired) electrons. The van der Waals surface area contributed by atoms with E-state index in [0.29, 0.717) is 6.54 Å². The number of halogens is 5. The van der Waals surface area contributed by atoms with Gasteiger partial charge in [-0.25, -0.2) is 22.0 Å². The highest BCUT2D eigenvalue weighted by Crippen LogP contribution is 2.29. The van der Waals surface area contributed by atoms with E-state index in [1.54, 1.807) is 6.92 Å². The monoisotopic (exact) mass is 301 g/mol. The third-order valence-electron chi connectivity index (χ3n) is 3.08. The topological polar surface area (TPSA) is 12.0 Å². The van der Waals surface area contributed by atoms with E-state index in [-0.39, 0.29) is 11.1 Å². The Morgan fingerprint density at radius 1 is 0.810 bits per heavy atom. The highest BCUT2D eigenvalue weighted by Gasteiger charge is 2.25. The molecule has 2 aromatic rings. The van der Waals surface area contributed by atoms with E-state index in [4.69, 9.17) is 0 Å². The van der Waals surface area contributed by atoms with Gasteiger partial charge in [0.05, 0.1) is 6.04 Å². The number of benzene rings is 2. The van der Waals surface area contributed by atoms with Crippen molar-refractivity contribution >= 4 is 0 Å². The molecule has 112 valence electrons. The van der Waals surface area contributed by atoms with Gasteiger partial charge < -0.3 is 5.32 Å². The van der Waals surface area contributed by atoms with Crippen molar-refractivity contribution in [1.82, 2.24) is 5.32 Å². The highest BCUT2D eigenvalue weighted by atomic mass is 19.2. The lowest BCUT2D eigenvalue weighted by atomic mass is 9.97. The van der Waals surface area contributed by atoms with E-state index in [1.807, 2.05) is 0 Å². The fourth-order valence-corrected chi connectivity index (χ4v) is 2.10. The summed E-state index contributed by atoms with van der Waals surface area (Å²) in [6.45, 7) is 1.96. The molecule has 1 unspecified atom stereocenters. The van der Waals surface area contributed by atoms with Gasteiger partial charge in [0.25, 0.3) is 0 Å². The lowest BCUT2D eigenvalue weighted by Gasteiger charge is -2.20. The molecule has 0 heterocycles. The van der Waals surface area contributed by atoms with Gasteiger partial charge in [0, 0.05) is 11.1 Å². The predicted octanol–water partition coefficient (Wildman–Crippen LogP) is 4.08. The zero-order chi connectivity index (χ0) is 15.6. The van der Waals surface area contributed by atoms with Crippen molar-refractivity contribution in [3.63, 3.8) is 0 Å². The van der Waals surface area contributed by atoms with Gasteiger partial charge in [-0.3, -0.25) is 0 Å². The summed E-state index contributed by atoms with van der Waals surface area (Å²) in [5, 5.41) is 2.73. The molecule has 0 aliphatic carbocycles. The summed E-state index contributed by atoms with van der Waals surface area (Å²) in [4.78, 5) is 0. The standard InChI is InChI=1S/C15H12F5N/c1-2-21-15(8-4-3-5-10(16)12(8)18)9-6-7-11(17)14(20)13(9)19/h3-7,15,21H,2H2,1H3. The van der Waals surface area contributed by atoms with Crippen LogP contribution in [0.25, 0.3) is 0 Å². The summed E-state index contributed by atoms with van der Waals surface area (Å²) in [6, 6.07) is 4.06. The SMILES string of the molecule is CCNC(c1cccc(F)c1F)c1ccc(F)c(F)c1F. The van der Waals surface area contributed by atoms with Crippen molar-refractivity contribution in [2.24, 2.45) is 0 Å². The van der Waals surface area contributed by atoms with Crippen LogP contribution in [0, 0.1) is 29.1 Å². The number of hydrogen-bond donors (Lipinski definition) is 1. The maximum Gasteiger partial charge on any atom is 0.194 e. The molecule has 21 heavy (non-hydrogen) atoms. The quantitative estimate of drug-likeness (QED) is 0.663. The second-order valence-corrected chi connectivity index (χ2v) is 4.40. The van der Waals surface area contributed by atoms with E-state index in [0.717, 1.165) is 18.2 Å². The molecule has 6 heteroatoms. The first-order chi connectivity index (χ1) is 9.97. The average molecular weight is 301 g/mol. The molecule has 0 fully saturated rings. The van der Waals surface area contributed by atoms with Crippen LogP contribution in [0.2, 0.25) is 0 Å².